The Hall–Kier alpha value is -2.24. The third-order valence-corrected chi connectivity index (χ3v) is 2.45. The first-order chi connectivity index (χ1) is 8.97. The van der Waals surface area contributed by atoms with Gasteiger partial charge in [-0.1, -0.05) is 0 Å². The summed E-state index contributed by atoms with van der Waals surface area (Å²) in [4.78, 5) is 22.3. The summed E-state index contributed by atoms with van der Waals surface area (Å²) < 4.78 is 9.81. The van der Waals surface area contributed by atoms with E-state index in [1.54, 1.807) is 25.1 Å². The van der Waals surface area contributed by atoms with Gasteiger partial charge in [0.05, 0.1) is 19.9 Å². The number of ether oxygens (including phenoxy) is 2. The highest BCUT2D eigenvalue weighted by molar-refractivity contribution is 5.91. The molecule has 0 aliphatic rings. The second-order valence-electron chi connectivity index (χ2n) is 3.99. The number of nitrogens with one attached hydrogen (secondary N) is 2. The van der Waals surface area contributed by atoms with Crippen molar-refractivity contribution < 1.29 is 19.1 Å². The molecule has 0 fully saturated rings. The molecule has 0 heterocycles. The molecule has 0 aliphatic heterocycles. The van der Waals surface area contributed by atoms with E-state index < -0.39 is 6.04 Å². The molecule has 104 valence electrons. The molecule has 6 heteroatoms. The summed E-state index contributed by atoms with van der Waals surface area (Å²) in [6, 6.07) is 4.67. The van der Waals surface area contributed by atoms with Crippen LogP contribution < -0.4 is 15.4 Å². The Balaban J connectivity index is 2.87. The second-order valence-corrected chi connectivity index (χ2v) is 3.99. The molecule has 1 aromatic rings. The number of hydrogen-bond acceptors (Lipinski definition) is 5. The van der Waals surface area contributed by atoms with Crippen molar-refractivity contribution in [2.24, 2.45) is 0 Å². The fourth-order valence-corrected chi connectivity index (χ4v) is 1.56. The normalized spacial score (nSPS) is 11.4. The molecule has 1 aromatic carbocycles. The van der Waals surface area contributed by atoms with Crippen molar-refractivity contribution >= 4 is 23.3 Å². The van der Waals surface area contributed by atoms with Gasteiger partial charge in [-0.15, -0.1) is 0 Å². The van der Waals surface area contributed by atoms with Crippen LogP contribution in [-0.2, 0) is 14.3 Å². The van der Waals surface area contributed by atoms with Gasteiger partial charge < -0.3 is 20.1 Å². The molecule has 0 spiro atoms. The van der Waals surface area contributed by atoms with Crippen LogP contribution in [0.15, 0.2) is 18.2 Å². The number of carbonyl (C=O) groups excluding carboxylic acids is 2. The van der Waals surface area contributed by atoms with Crippen LogP contribution in [0.1, 0.15) is 13.8 Å². The zero-order chi connectivity index (χ0) is 14.4. The number of anilines is 2. The van der Waals surface area contributed by atoms with Gasteiger partial charge in [-0.25, -0.2) is 4.79 Å². The monoisotopic (exact) mass is 266 g/mol. The molecule has 0 bridgehead atoms. The lowest BCUT2D eigenvalue weighted by molar-refractivity contribution is -0.141. The van der Waals surface area contributed by atoms with E-state index in [0.29, 0.717) is 17.1 Å². The Bertz CT molecular complexity index is 474. The number of esters is 1. The fraction of sp³-hybridized carbons (Fsp3) is 0.385. The van der Waals surface area contributed by atoms with Crippen LogP contribution in [0.3, 0.4) is 0 Å². The molecule has 0 radical (unpaired) electrons. The first-order valence-corrected chi connectivity index (χ1v) is 5.78. The van der Waals surface area contributed by atoms with Crippen LogP contribution in [0.5, 0.6) is 5.75 Å². The number of rotatable bonds is 5. The first kappa shape index (κ1) is 14.8. The summed E-state index contributed by atoms with van der Waals surface area (Å²) in [7, 11) is 2.84. The molecule has 1 rings (SSSR count). The van der Waals surface area contributed by atoms with Crippen LogP contribution >= 0.6 is 0 Å². The predicted molar refractivity (Wildman–Crippen MR) is 72.4 cm³/mol. The van der Waals surface area contributed by atoms with E-state index in [9.17, 15) is 9.59 Å². The Kier molecular flexibility index (Phi) is 5.17. The van der Waals surface area contributed by atoms with Gasteiger partial charge in [0.25, 0.3) is 0 Å². The summed E-state index contributed by atoms with van der Waals surface area (Å²) >= 11 is 0. The van der Waals surface area contributed by atoms with Gasteiger partial charge >= 0.3 is 5.97 Å². The lowest BCUT2D eigenvalue weighted by atomic mass is 10.2. The highest BCUT2D eigenvalue weighted by Crippen LogP contribution is 2.28. The summed E-state index contributed by atoms with van der Waals surface area (Å²) in [5.74, 6) is -0.0240. The topological polar surface area (TPSA) is 76.7 Å². The van der Waals surface area contributed by atoms with Crippen LogP contribution in [0.25, 0.3) is 0 Å². The van der Waals surface area contributed by atoms with Gasteiger partial charge in [-0.3, -0.25) is 4.79 Å². The van der Waals surface area contributed by atoms with Gasteiger partial charge in [0.15, 0.2) is 0 Å². The molecular weight excluding hydrogens is 248 g/mol. The van der Waals surface area contributed by atoms with Gasteiger partial charge in [0, 0.05) is 18.7 Å². The lowest BCUT2D eigenvalue weighted by Gasteiger charge is -2.15. The molecule has 0 saturated heterocycles. The van der Waals surface area contributed by atoms with Gasteiger partial charge in [0.1, 0.15) is 11.8 Å². The largest absolute Gasteiger partial charge is 0.494 e. The minimum absolute atomic E-state index is 0.179. The Morgan fingerprint density at radius 3 is 2.47 bits per heavy atom. The summed E-state index contributed by atoms with van der Waals surface area (Å²) in [6.07, 6.45) is 0. The molecule has 0 aliphatic carbocycles. The zero-order valence-electron chi connectivity index (χ0n) is 11.4. The Morgan fingerprint density at radius 2 is 1.95 bits per heavy atom. The molecule has 1 atom stereocenters. The third kappa shape index (κ3) is 4.17. The quantitative estimate of drug-likeness (QED) is 0.792. The average Bonchev–Trinajstić information content (AvgIpc) is 2.38. The van der Waals surface area contributed by atoms with Crippen molar-refractivity contribution in [1.29, 1.82) is 0 Å². The molecule has 1 unspecified atom stereocenters. The van der Waals surface area contributed by atoms with Crippen molar-refractivity contribution in [3.8, 4) is 5.75 Å². The average molecular weight is 266 g/mol. The SMILES string of the molecule is COC(=O)C(C)Nc1ccc(NC(C)=O)c(OC)c1. The third-order valence-electron chi connectivity index (χ3n) is 2.45. The van der Waals surface area contributed by atoms with Crippen LogP contribution in [0.4, 0.5) is 11.4 Å². The van der Waals surface area contributed by atoms with Crippen LogP contribution in [0, 0.1) is 0 Å². The standard InChI is InChI=1S/C13H18N2O4/c1-8(13(17)19-4)14-10-5-6-11(15-9(2)16)12(7-10)18-3/h5-8,14H,1-4H3,(H,15,16). The van der Waals surface area contributed by atoms with E-state index in [0.717, 1.165) is 0 Å². The van der Waals surface area contributed by atoms with E-state index in [4.69, 9.17) is 4.74 Å². The molecule has 2 N–H and O–H groups in total. The van der Waals surface area contributed by atoms with E-state index >= 15 is 0 Å². The molecule has 0 saturated carbocycles. The second kappa shape index (κ2) is 6.63. The van der Waals surface area contributed by atoms with Crippen LogP contribution in [0.2, 0.25) is 0 Å². The molecule has 6 nitrogen and oxygen atoms in total. The van der Waals surface area contributed by atoms with E-state index in [1.807, 2.05) is 0 Å². The highest BCUT2D eigenvalue weighted by atomic mass is 16.5. The number of carbonyl (C=O) groups is 2. The van der Waals surface area contributed by atoms with Crippen molar-refractivity contribution in [2.45, 2.75) is 19.9 Å². The fourth-order valence-electron chi connectivity index (χ4n) is 1.56. The van der Waals surface area contributed by atoms with E-state index in [2.05, 4.69) is 15.4 Å². The van der Waals surface area contributed by atoms with Crippen molar-refractivity contribution in [2.75, 3.05) is 24.9 Å². The summed E-state index contributed by atoms with van der Waals surface area (Å²) in [6.45, 7) is 3.12. The molecule has 19 heavy (non-hydrogen) atoms. The maximum absolute atomic E-state index is 11.3. The van der Waals surface area contributed by atoms with Gasteiger partial charge in [-0.05, 0) is 19.1 Å². The first-order valence-electron chi connectivity index (χ1n) is 5.78. The predicted octanol–water partition coefficient (Wildman–Crippen LogP) is 1.63. The summed E-state index contributed by atoms with van der Waals surface area (Å²) in [5, 5.41) is 5.64. The highest BCUT2D eigenvalue weighted by Gasteiger charge is 2.13. The maximum Gasteiger partial charge on any atom is 0.327 e. The molecular formula is C13H18N2O4. The van der Waals surface area contributed by atoms with Crippen molar-refractivity contribution in [3.63, 3.8) is 0 Å². The molecule has 0 aromatic heterocycles. The van der Waals surface area contributed by atoms with Crippen molar-refractivity contribution in [1.82, 2.24) is 0 Å². The number of methoxy groups -OCH3 is 2. The minimum Gasteiger partial charge on any atom is -0.494 e. The number of hydrogen-bond donors (Lipinski definition) is 2. The number of benzene rings is 1. The summed E-state index contributed by atoms with van der Waals surface area (Å²) in [5.41, 5.74) is 1.27. The van der Waals surface area contributed by atoms with Crippen molar-refractivity contribution in [3.05, 3.63) is 18.2 Å². The van der Waals surface area contributed by atoms with Gasteiger partial charge in [-0.2, -0.15) is 0 Å². The molecule has 1 amide bonds. The lowest BCUT2D eigenvalue weighted by Crippen LogP contribution is -2.27. The smallest absolute Gasteiger partial charge is 0.327 e. The Morgan fingerprint density at radius 1 is 1.26 bits per heavy atom. The zero-order valence-corrected chi connectivity index (χ0v) is 11.4. The maximum atomic E-state index is 11.3. The van der Waals surface area contributed by atoms with Gasteiger partial charge in [0.2, 0.25) is 5.91 Å². The Labute approximate surface area is 112 Å². The number of amides is 1. The van der Waals surface area contributed by atoms with Crippen LogP contribution in [-0.4, -0.2) is 32.1 Å². The minimum atomic E-state index is -0.471. The van der Waals surface area contributed by atoms with E-state index in [-0.39, 0.29) is 11.9 Å². The van der Waals surface area contributed by atoms with E-state index in [1.165, 1.54) is 21.1 Å².